The first-order valence-corrected chi connectivity index (χ1v) is 7.38. The number of benzene rings is 1. The third-order valence-electron chi connectivity index (χ3n) is 3.59. The molecule has 19 heavy (non-hydrogen) atoms. The normalized spacial score (nSPS) is 20.7. The quantitative estimate of drug-likeness (QED) is 0.850. The molecule has 0 bridgehead atoms. The molecular weight excluding hydrogens is 265 g/mol. The molecule has 1 N–H and O–H groups in total. The Balaban J connectivity index is 2.01. The van der Waals surface area contributed by atoms with Gasteiger partial charge in [0.1, 0.15) is 5.82 Å². The molecule has 2 nitrogen and oxygen atoms in total. The van der Waals surface area contributed by atoms with E-state index >= 15 is 0 Å². The van der Waals surface area contributed by atoms with Crippen LogP contribution in [0, 0.1) is 5.82 Å². The van der Waals surface area contributed by atoms with Gasteiger partial charge < -0.3 is 10.1 Å². The maximum atomic E-state index is 13.1. The van der Waals surface area contributed by atoms with Crippen molar-refractivity contribution in [3.8, 4) is 0 Å². The minimum Gasteiger partial charge on any atom is -0.378 e. The summed E-state index contributed by atoms with van der Waals surface area (Å²) in [5, 5.41) is 3.92. The summed E-state index contributed by atoms with van der Waals surface area (Å²) in [6, 6.07) is 4.80. The lowest BCUT2D eigenvalue weighted by molar-refractivity contribution is 0.0996. The lowest BCUT2D eigenvalue weighted by atomic mass is 9.99. The molecule has 1 aromatic rings. The van der Waals surface area contributed by atoms with Crippen LogP contribution in [-0.4, -0.2) is 19.3 Å². The molecule has 1 fully saturated rings. The molecule has 0 saturated carbocycles. The van der Waals surface area contributed by atoms with Gasteiger partial charge in [-0.15, -0.1) is 0 Å². The first kappa shape index (κ1) is 14.8. The molecule has 0 radical (unpaired) electrons. The minimum absolute atomic E-state index is 0.169. The van der Waals surface area contributed by atoms with E-state index in [4.69, 9.17) is 16.3 Å². The first-order valence-electron chi connectivity index (χ1n) is 7.00. The molecule has 2 atom stereocenters. The lowest BCUT2D eigenvalue weighted by Gasteiger charge is -2.21. The van der Waals surface area contributed by atoms with Gasteiger partial charge in [0.2, 0.25) is 0 Å². The van der Waals surface area contributed by atoms with Gasteiger partial charge in [-0.25, -0.2) is 4.39 Å². The molecule has 0 spiro atoms. The predicted octanol–water partition coefficient (Wildman–Crippen LogP) is 4.09. The molecule has 0 aromatic heterocycles. The molecule has 1 aliphatic heterocycles. The van der Waals surface area contributed by atoms with Crippen LogP contribution >= 0.6 is 11.6 Å². The zero-order chi connectivity index (χ0) is 13.7. The highest BCUT2D eigenvalue weighted by Gasteiger charge is 2.20. The summed E-state index contributed by atoms with van der Waals surface area (Å²) in [7, 11) is 0. The fourth-order valence-corrected chi connectivity index (χ4v) is 2.92. The van der Waals surface area contributed by atoms with E-state index in [-0.39, 0.29) is 11.9 Å². The number of halogens is 2. The molecule has 4 heteroatoms. The third-order valence-corrected chi connectivity index (χ3v) is 3.92. The van der Waals surface area contributed by atoms with Gasteiger partial charge in [0.25, 0.3) is 0 Å². The molecule has 1 aromatic carbocycles. The molecule has 0 aliphatic carbocycles. The first-order chi connectivity index (χ1) is 9.20. The lowest BCUT2D eigenvalue weighted by Crippen LogP contribution is -2.22. The smallest absolute Gasteiger partial charge is 0.124 e. The Kier molecular flexibility index (Phi) is 5.61. The van der Waals surface area contributed by atoms with E-state index in [0.717, 1.165) is 44.4 Å². The molecule has 1 aliphatic rings. The third kappa shape index (κ3) is 4.16. The Morgan fingerprint density at radius 3 is 3.00 bits per heavy atom. The van der Waals surface area contributed by atoms with Gasteiger partial charge in [-0.1, -0.05) is 24.6 Å². The highest BCUT2D eigenvalue weighted by molar-refractivity contribution is 6.31. The summed E-state index contributed by atoms with van der Waals surface area (Å²) in [6.45, 7) is 3.81. The molecule has 106 valence electrons. The Morgan fingerprint density at radius 1 is 1.53 bits per heavy atom. The highest BCUT2D eigenvalue weighted by Crippen LogP contribution is 2.29. The average molecular weight is 286 g/mol. The second-order valence-corrected chi connectivity index (χ2v) is 5.40. The van der Waals surface area contributed by atoms with Crippen LogP contribution in [0.3, 0.4) is 0 Å². The van der Waals surface area contributed by atoms with Crippen molar-refractivity contribution >= 4 is 11.6 Å². The van der Waals surface area contributed by atoms with Crippen molar-refractivity contribution in [1.29, 1.82) is 0 Å². The summed E-state index contributed by atoms with van der Waals surface area (Å²) in [4.78, 5) is 0. The number of hydrogen-bond donors (Lipinski definition) is 1. The van der Waals surface area contributed by atoms with Gasteiger partial charge in [0, 0.05) is 17.7 Å². The van der Waals surface area contributed by atoms with E-state index < -0.39 is 0 Å². The van der Waals surface area contributed by atoms with Crippen molar-refractivity contribution in [2.75, 3.05) is 13.2 Å². The average Bonchev–Trinajstić information content (AvgIpc) is 2.88. The van der Waals surface area contributed by atoms with Crippen molar-refractivity contribution < 1.29 is 9.13 Å². The van der Waals surface area contributed by atoms with E-state index in [1.807, 2.05) is 0 Å². The minimum atomic E-state index is -0.289. The fraction of sp³-hybridized carbons (Fsp3) is 0.600. The zero-order valence-electron chi connectivity index (χ0n) is 11.3. The SMILES string of the molecule is CCNC(CCC1CCCO1)c1ccc(F)cc1Cl. The maximum Gasteiger partial charge on any atom is 0.124 e. The summed E-state index contributed by atoms with van der Waals surface area (Å²) in [6.07, 6.45) is 4.67. The van der Waals surface area contributed by atoms with Crippen LogP contribution in [0.15, 0.2) is 18.2 Å². The van der Waals surface area contributed by atoms with E-state index in [9.17, 15) is 4.39 Å². The Labute approximate surface area is 119 Å². The number of hydrogen-bond acceptors (Lipinski definition) is 2. The Morgan fingerprint density at radius 2 is 2.37 bits per heavy atom. The highest BCUT2D eigenvalue weighted by atomic mass is 35.5. The molecule has 0 amide bonds. The standard InChI is InChI=1S/C15H21ClFNO/c1-2-18-15(8-6-12-4-3-9-19-12)13-7-5-11(17)10-14(13)16/h5,7,10,12,15,18H,2-4,6,8-9H2,1H3. The topological polar surface area (TPSA) is 21.3 Å². The van der Waals surface area contributed by atoms with Gasteiger partial charge in [-0.05, 0) is 49.9 Å². The second kappa shape index (κ2) is 7.22. The Bertz CT molecular complexity index is 407. The van der Waals surface area contributed by atoms with Crippen LogP contribution in [0.4, 0.5) is 4.39 Å². The number of nitrogens with one attached hydrogen (secondary N) is 1. The van der Waals surface area contributed by atoms with Gasteiger partial charge >= 0.3 is 0 Å². The summed E-state index contributed by atoms with van der Waals surface area (Å²) in [5.41, 5.74) is 0.975. The van der Waals surface area contributed by atoms with E-state index in [1.165, 1.54) is 12.1 Å². The summed E-state index contributed by atoms with van der Waals surface area (Å²) < 4.78 is 18.7. The van der Waals surface area contributed by atoms with Gasteiger partial charge in [-0.2, -0.15) is 0 Å². The second-order valence-electron chi connectivity index (χ2n) is 4.99. The van der Waals surface area contributed by atoms with Crippen LogP contribution in [0.1, 0.15) is 44.2 Å². The summed E-state index contributed by atoms with van der Waals surface area (Å²) >= 11 is 6.14. The van der Waals surface area contributed by atoms with E-state index in [2.05, 4.69) is 12.2 Å². The van der Waals surface area contributed by atoms with Crippen molar-refractivity contribution in [3.63, 3.8) is 0 Å². The maximum absolute atomic E-state index is 13.1. The van der Waals surface area contributed by atoms with Crippen LogP contribution in [0.25, 0.3) is 0 Å². The Hall–Kier alpha value is -0.640. The number of rotatable bonds is 6. The van der Waals surface area contributed by atoms with Gasteiger partial charge in [0.05, 0.1) is 6.10 Å². The van der Waals surface area contributed by atoms with Crippen molar-refractivity contribution in [3.05, 3.63) is 34.6 Å². The van der Waals surface area contributed by atoms with Crippen LogP contribution in [0.5, 0.6) is 0 Å². The summed E-state index contributed by atoms with van der Waals surface area (Å²) in [5.74, 6) is -0.289. The zero-order valence-corrected chi connectivity index (χ0v) is 12.0. The van der Waals surface area contributed by atoms with Crippen LogP contribution in [-0.2, 0) is 4.74 Å². The largest absolute Gasteiger partial charge is 0.378 e. The van der Waals surface area contributed by atoms with Crippen molar-refractivity contribution in [2.24, 2.45) is 0 Å². The van der Waals surface area contributed by atoms with Gasteiger partial charge in [0.15, 0.2) is 0 Å². The van der Waals surface area contributed by atoms with Gasteiger partial charge in [-0.3, -0.25) is 0 Å². The van der Waals surface area contributed by atoms with Crippen LogP contribution in [0.2, 0.25) is 5.02 Å². The monoisotopic (exact) mass is 285 g/mol. The van der Waals surface area contributed by atoms with Crippen molar-refractivity contribution in [2.45, 2.75) is 44.8 Å². The molecule has 1 saturated heterocycles. The molecule has 1 heterocycles. The predicted molar refractivity (Wildman–Crippen MR) is 76.0 cm³/mol. The van der Waals surface area contributed by atoms with Crippen molar-refractivity contribution in [1.82, 2.24) is 5.32 Å². The molecule has 2 rings (SSSR count). The molecule has 2 unspecified atom stereocenters. The van der Waals surface area contributed by atoms with E-state index in [1.54, 1.807) is 6.07 Å². The van der Waals surface area contributed by atoms with E-state index in [0.29, 0.717) is 11.1 Å². The van der Waals surface area contributed by atoms with Crippen LogP contribution < -0.4 is 5.32 Å². The number of ether oxygens (including phenoxy) is 1. The fourth-order valence-electron chi connectivity index (χ4n) is 2.62. The molecular formula is C15H21ClFNO.